The summed E-state index contributed by atoms with van der Waals surface area (Å²) in [7, 11) is 0. The Bertz CT molecular complexity index is 1250. The highest BCUT2D eigenvalue weighted by Crippen LogP contribution is 2.38. The average molecular weight is 523 g/mol. The lowest BCUT2D eigenvalue weighted by atomic mass is 10.1. The first kappa shape index (κ1) is 21.9. The van der Waals surface area contributed by atoms with Gasteiger partial charge in [0.05, 0.1) is 5.69 Å². The molecule has 6 nitrogen and oxygen atoms in total. The standard InChI is InChI=1S/C25H23BrN4O2S/c1-16-24(31)29(12-10-17-2-6-20(27)7-3-17)25(32-16)22-14-30(21-8-4-19(26)5-9-21)28-23(22)18-11-13-33-15-18/h2-9,11,13-16,25H,10,12,27H2,1H3/t16-,25-/m1/s1. The normalized spacial score (nSPS) is 18.2. The monoisotopic (exact) mass is 522 g/mol. The predicted octanol–water partition coefficient (Wildman–Crippen LogP) is 5.43. The van der Waals surface area contributed by atoms with E-state index in [9.17, 15) is 4.79 Å². The van der Waals surface area contributed by atoms with E-state index in [4.69, 9.17) is 15.6 Å². The molecule has 5 rings (SSSR count). The quantitative estimate of drug-likeness (QED) is 0.342. The van der Waals surface area contributed by atoms with Crippen LogP contribution in [0, 0.1) is 0 Å². The van der Waals surface area contributed by atoms with Gasteiger partial charge in [0.1, 0.15) is 11.8 Å². The Kier molecular flexibility index (Phi) is 6.05. The number of amides is 1. The molecule has 33 heavy (non-hydrogen) atoms. The van der Waals surface area contributed by atoms with Gasteiger partial charge in [-0.15, -0.1) is 0 Å². The number of benzene rings is 2. The van der Waals surface area contributed by atoms with Crippen LogP contribution in [0.2, 0.25) is 0 Å². The molecule has 2 N–H and O–H groups in total. The molecule has 1 saturated heterocycles. The van der Waals surface area contributed by atoms with Gasteiger partial charge in [-0.1, -0.05) is 28.1 Å². The number of carbonyl (C=O) groups excluding carboxylic acids is 1. The van der Waals surface area contributed by atoms with Crippen molar-refractivity contribution in [3.63, 3.8) is 0 Å². The van der Waals surface area contributed by atoms with Gasteiger partial charge in [0.25, 0.3) is 5.91 Å². The summed E-state index contributed by atoms with van der Waals surface area (Å²) in [6.07, 6.45) is 1.68. The van der Waals surface area contributed by atoms with Crippen LogP contribution in [-0.2, 0) is 16.0 Å². The summed E-state index contributed by atoms with van der Waals surface area (Å²) in [5.41, 5.74) is 11.3. The van der Waals surface area contributed by atoms with Gasteiger partial charge < -0.3 is 15.4 Å². The van der Waals surface area contributed by atoms with Crippen LogP contribution in [0.1, 0.15) is 24.3 Å². The lowest BCUT2D eigenvalue weighted by Crippen LogP contribution is -2.32. The smallest absolute Gasteiger partial charge is 0.253 e. The molecule has 0 spiro atoms. The van der Waals surface area contributed by atoms with Gasteiger partial charge in [-0.05, 0) is 66.8 Å². The highest BCUT2D eigenvalue weighted by molar-refractivity contribution is 9.10. The zero-order chi connectivity index (χ0) is 22.9. The number of ether oxygens (including phenoxy) is 1. The van der Waals surface area contributed by atoms with Gasteiger partial charge >= 0.3 is 0 Å². The maximum atomic E-state index is 13.0. The van der Waals surface area contributed by atoms with Gasteiger partial charge in [-0.2, -0.15) is 16.4 Å². The molecule has 1 aliphatic rings. The van der Waals surface area contributed by atoms with Crippen LogP contribution in [0.25, 0.3) is 16.9 Å². The number of thiophene rings is 1. The molecule has 2 aromatic heterocycles. The van der Waals surface area contributed by atoms with Gasteiger partial charge in [-0.3, -0.25) is 4.79 Å². The van der Waals surface area contributed by atoms with E-state index < -0.39 is 12.3 Å². The summed E-state index contributed by atoms with van der Waals surface area (Å²) in [5, 5.41) is 8.98. The highest BCUT2D eigenvalue weighted by Gasteiger charge is 2.40. The minimum absolute atomic E-state index is 0.0110. The van der Waals surface area contributed by atoms with Crippen LogP contribution < -0.4 is 5.73 Å². The summed E-state index contributed by atoms with van der Waals surface area (Å²) in [6.45, 7) is 2.35. The number of anilines is 1. The van der Waals surface area contributed by atoms with Crippen molar-refractivity contribution in [2.45, 2.75) is 25.7 Å². The molecule has 1 amide bonds. The van der Waals surface area contributed by atoms with Crippen molar-refractivity contribution < 1.29 is 9.53 Å². The van der Waals surface area contributed by atoms with Gasteiger partial charge in [-0.25, -0.2) is 4.68 Å². The van der Waals surface area contributed by atoms with Crippen molar-refractivity contribution in [1.29, 1.82) is 0 Å². The topological polar surface area (TPSA) is 73.4 Å². The van der Waals surface area contributed by atoms with E-state index in [2.05, 4.69) is 21.3 Å². The minimum atomic E-state index is -0.507. The number of carbonyl (C=O) groups is 1. The van der Waals surface area contributed by atoms with Crippen LogP contribution >= 0.6 is 27.3 Å². The van der Waals surface area contributed by atoms with E-state index >= 15 is 0 Å². The first-order valence-corrected chi connectivity index (χ1v) is 12.4. The van der Waals surface area contributed by atoms with Crippen LogP contribution in [0.4, 0.5) is 5.69 Å². The summed E-state index contributed by atoms with van der Waals surface area (Å²) in [6, 6.07) is 17.8. The van der Waals surface area contributed by atoms with Gasteiger partial charge in [0.15, 0.2) is 6.23 Å². The fraction of sp³-hybridized carbons (Fsp3) is 0.200. The number of halogens is 1. The molecule has 4 aromatic rings. The Hall–Kier alpha value is -2.94. The lowest BCUT2D eigenvalue weighted by molar-refractivity contribution is -0.130. The van der Waals surface area contributed by atoms with Gasteiger partial charge in [0, 0.05) is 39.4 Å². The molecule has 0 aliphatic carbocycles. The van der Waals surface area contributed by atoms with Crippen molar-refractivity contribution in [3.8, 4) is 16.9 Å². The number of hydrogen-bond acceptors (Lipinski definition) is 5. The van der Waals surface area contributed by atoms with Crippen molar-refractivity contribution in [3.05, 3.63) is 87.2 Å². The SMILES string of the molecule is C[C@H]1O[C@H](c2cn(-c3ccc(Br)cc3)nc2-c2ccsc2)N(CCc2ccc(N)cc2)C1=O. The summed E-state index contributed by atoms with van der Waals surface area (Å²) in [4.78, 5) is 14.8. The van der Waals surface area contributed by atoms with E-state index in [1.54, 1.807) is 11.3 Å². The van der Waals surface area contributed by atoms with Crippen molar-refractivity contribution >= 4 is 38.9 Å². The number of hydrogen-bond donors (Lipinski definition) is 1. The largest absolute Gasteiger partial charge is 0.399 e. The second kappa shape index (κ2) is 9.13. The number of aromatic nitrogens is 2. The molecule has 168 valence electrons. The third-order valence-electron chi connectivity index (χ3n) is 5.76. The van der Waals surface area contributed by atoms with Crippen molar-refractivity contribution in [2.75, 3.05) is 12.3 Å². The first-order chi connectivity index (χ1) is 16.0. The van der Waals surface area contributed by atoms with Crippen molar-refractivity contribution in [1.82, 2.24) is 14.7 Å². The third kappa shape index (κ3) is 4.46. The zero-order valence-electron chi connectivity index (χ0n) is 18.0. The minimum Gasteiger partial charge on any atom is -0.399 e. The number of nitrogens with zero attached hydrogens (tertiary/aromatic N) is 3. The zero-order valence-corrected chi connectivity index (χ0v) is 20.4. The van der Waals surface area contributed by atoms with E-state index in [1.807, 2.05) is 82.7 Å². The van der Waals surface area contributed by atoms with Crippen LogP contribution in [0.15, 0.2) is 76.0 Å². The predicted molar refractivity (Wildman–Crippen MR) is 134 cm³/mol. The Morgan fingerprint density at radius 3 is 2.58 bits per heavy atom. The summed E-state index contributed by atoms with van der Waals surface area (Å²) >= 11 is 5.10. The molecule has 1 fully saturated rings. The Morgan fingerprint density at radius 2 is 1.88 bits per heavy atom. The van der Waals surface area contributed by atoms with Crippen molar-refractivity contribution in [2.24, 2.45) is 0 Å². The highest BCUT2D eigenvalue weighted by atomic mass is 79.9. The molecule has 2 atom stereocenters. The van der Waals surface area contributed by atoms with E-state index in [0.29, 0.717) is 13.0 Å². The molecular formula is C25H23BrN4O2S. The maximum absolute atomic E-state index is 13.0. The third-order valence-corrected chi connectivity index (χ3v) is 6.97. The van der Waals surface area contributed by atoms with Gasteiger partial charge in [0.2, 0.25) is 0 Å². The molecular weight excluding hydrogens is 500 g/mol. The Balaban J connectivity index is 1.50. The fourth-order valence-corrected chi connectivity index (χ4v) is 4.90. The van der Waals surface area contributed by atoms with E-state index in [0.717, 1.165) is 38.2 Å². The number of nitrogens with two attached hydrogens (primary N) is 1. The molecule has 0 bridgehead atoms. The second-order valence-corrected chi connectivity index (χ2v) is 9.72. The molecule has 0 unspecified atom stereocenters. The molecule has 2 aromatic carbocycles. The molecule has 3 heterocycles. The molecule has 8 heteroatoms. The second-order valence-electron chi connectivity index (χ2n) is 8.02. The number of rotatable bonds is 6. The van der Waals surface area contributed by atoms with E-state index in [1.165, 1.54) is 0 Å². The summed E-state index contributed by atoms with van der Waals surface area (Å²) < 4.78 is 9.04. The molecule has 0 radical (unpaired) electrons. The molecule has 0 saturated carbocycles. The average Bonchev–Trinajstić information content (AvgIpc) is 3.54. The fourth-order valence-electron chi connectivity index (χ4n) is 3.99. The van der Waals surface area contributed by atoms with Crippen LogP contribution in [-0.4, -0.2) is 33.2 Å². The molecule has 1 aliphatic heterocycles. The van der Waals surface area contributed by atoms with Crippen LogP contribution in [0.3, 0.4) is 0 Å². The maximum Gasteiger partial charge on any atom is 0.253 e. The number of nitrogen functional groups attached to an aromatic ring is 1. The Labute approximate surface area is 204 Å². The van der Waals surface area contributed by atoms with Crippen LogP contribution in [0.5, 0.6) is 0 Å². The summed E-state index contributed by atoms with van der Waals surface area (Å²) in [5.74, 6) is -0.0110. The lowest BCUT2D eigenvalue weighted by Gasteiger charge is -2.23. The first-order valence-electron chi connectivity index (χ1n) is 10.7. The van der Waals surface area contributed by atoms with E-state index in [-0.39, 0.29) is 5.91 Å². The Morgan fingerprint density at radius 1 is 1.12 bits per heavy atom.